The molecule has 9 aromatic rings. The lowest BCUT2D eigenvalue weighted by Crippen LogP contribution is -2.38. The number of hydrogen-bond donors (Lipinski definition) is 0. The van der Waals surface area contributed by atoms with Crippen LogP contribution in [-0.4, -0.2) is 27.6 Å². The Hall–Kier alpha value is -8.56. The molecule has 72 heavy (non-hydrogen) atoms. The third-order valence-electron chi connectivity index (χ3n) is 14.7. The van der Waals surface area contributed by atoms with Gasteiger partial charge in [0.2, 0.25) is 0 Å². The van der Waals surface area contributed by atoms with Crippen molar-refractivity contribution in [3.63, 3.8) is 0 Å². The predicted octanol–water partition coefficient (Wildman–Crippen LogP) is 11.3. The Kier molecular flexibility index (Phi) is 8.95. The van der Waals surface area contributed by atoms with E-state index in [1.807, 2.05) is 0 Å². The van der Waals surface area contributed by atoms with Gasteiger partial charge in [0.05, 0.1) is 50.2 Å². The molecule has 1 aliphatic carbocycles. The lowest BCUT2D eigenvalue weighted by atomic mass is 9.91. The van der Waals surface area contributed by atoms with Crippen LogP contribution in [0.4, 0.5) is 28.4 Å². The molecule has 0 saturated carbocycles. The Labute approximate surface area is 417 Å². The fourth-order valence-electron chi connectivity index (χ4n) is 11.8. The third-order valence-corrected chi connectivity index (χ3v) is 14.7. The normalized spacial score (nSPS) is 18.7. The number of fused-ring (bicyclic) bond motifs is 9. The van der Waals surface area contributed by atoms with Gasteiger partial charge in [-0.15, -0.1) is 0 Å². The summed E-state index contributed by atoms with van der Waals surface area (Å²) in [7, 11) is 0. The Balaban J connectivity index is 0.919. The molecule has 14 rings (SSSR count). The molecule has 0 bridgehead atoms. The zero-order valence-electron chi connectivity index (χ0n) is 41.1. The second-order valence-corrected chi connectivity index (χ2v) is 21.0. The first-order valence-electron chi connectivity index (χ1n) is 25.0. The second-order valence-electron chi connectivity index (χ2n) is 21.0. The third kappa shape index (κ3) is 6.53. The number of aromatic nitrogens is 1. The highest BCUT2D eigenvalue weighted by Gasteiger charge is 2.37. The molecule has 2 unspecified atom stereocenters. The molecule has 0 saturated heterocycles. The molecule has 0 N–H and O–H groups in total. The number of rotatable bonds is 7. The number of benzene rings is 8. The van der Waals surface area contributed by atoms with Gasteiger partial charge in [-0.3, -0.25) is 30.0 Å². The molecule has 5 aliphatic rings. The molecule has 9 nitrogen and oxygen atoms in total. The highest BCUT2D eigenvalue weighted by atomic mass is 15.2. The van der Waals surface area contributed by atoms with Gasteiger partial charge in [-0.05, 0) is 137 Å². The first kappa shape index (κ1) is 42.3. The summed E-state index contributed by atoms with van der Waals surface area (Å²) in [6.07, 6.45) is 8.98. The summed E-state index contributed by atoms with van der Waals surface area (Å²) in [5, 5.41) is 7.49. The maximum atomic E-state index is 5.43. The number of anilines is 5. The zero-order valence-corrected chi connectivity index (χ0v) is 41.1. The quantitative estimate of drug-likeness (QED) is 0.159. The van der Waals surface area contributed by atoms with Gasteiger partial charge in [0, 0.05) is 44.9 Å². The van der Waals surface area contributed by atoms with Crippen LogP contribution in [0.2, 0.25) is 0 Å². The van der Waals surface area contributed by atoms with E-state index in [0.717, 1.165) is 82.8 Å². The lowest BCUT2D eigenvalue weighted by Gasteiger charge is -2.29. The molecule has 2 atom stereocenters. The number of hydrogen-bond acceptors (Lipinski definition) is 8. The van der Waals surface area contributed by atoms with Crippen LogP contribution < -0.4 is 41.9 Å². The van der Waals surface area contributed by atoms with Gasteiger partial charge >= 0.3 is 0 Å². The van der Waals surface area contributed by atoms with Gasteiger partial charge in [-0.1, -0.05) is 109 Å². The number of allylic oxidation sites excluding steroid dienone is 2. The van der Waals surface area contributed by atoms with Gasteiger partial charge < -0.3 is 14.4 Å². The fraction of sp³-hybridized carbons (Fsp3) is 0.175. The van der Waals surface area contributed by atoms with E-state index >= 15 is 0 Å². The summed E-state index contributed by atoms with van der Waals surface area (Å²) < 4.78 is 2.35. The molecule has 0 fully saturated rings. The van der Waals surface area contributed by atoms with Crippen molar-refractivity contribution in [2.45, 2.75) is 70.5 Å². The summed E-state index contributed by atoms with van der Waals surface area (Å²) >= 11 is 0. The standard InChI is InChI=1S/C63H51N9/c1-61(2)64-48-20-15-25-53(58(48)67-61)72(54-36-34-42(56-59(54)68-62(3,4)65-56)38-26-30-40(31-27-38)70-49-21-11-7-16-44(49)45-17-8-12-22-50(45)70)55-37-35-43(57-60(55)69-63(5,6)66-57)39-28-32-41(33-29-39)71-51-23-13-9-18-46(51)47-19-10-14-24-52(47)71/h7-37,44,49H,1-6H3. The van der Waals surface area contributed by atoms with E-state index in [-0.39, 0.29) is 6.04 Å². The predicted molar refractivity (Wildman–Crippen MR) is 289 cm³/mol. The van der Waals surface area contributed by atoms with Crippen molar-refractivity contribution in [3.8, 4) is 27.9 Å². The van der Waals surface area contributed by atoms with E-state index in [1.165, 1.54) is 33.1 Å². The molecule has 8 aromatic carbocycles. The molecule has 1 aromatic heterocycles. The van der Waals surface area contributed by atoms with Crippen molar-refractivity contribution in [1.29, 1.82) is 0 Å². The van der Waals surface area contributed by atoms with Crippen molar-refractivity contribution in [3.05, 3.63) is 226 Å². The second kappa shape index (κ2) is 15.2. The monoisotopic (exact) mass is 933 g/mol. The van der Waals surface area contributed by atoms with Crippen LogP contribution in [0.3, 0.4) is 0 Å². The van der Waals surface area contributed by atoms with Crippen LogP contribution in [0, 0.1) is 0 Å². The van der Waals surface area contributed by atoms with Gasteiger partial charge in [-0.25, -0.2) is 0 Å². The lowest BCUT2D eigenvalue weighted by molar-refractivity contribution is 0.549. The van der Waals surface area contributed by atoms with E-state index in [1.54, 1.807) is 0 Å². The minimum absolute atomic E-state index is 0.227. The van der Waals surface area contributed by atoms with Gasteiger partial charge in [0.1, 0.15) is 33.1 Å². The molecule has 5 heterocycles. The minimum atomic E-state index is -0.705. The summed E-state index contributed by atoms with van der Waals surface area (Å²) in [6, 6.07) is 59.2. The van der Waals surface area contributed by atoms with Crippen LogP contribution in [0.15, 0.2) is 218 Å². The topological polar surface area (TPSA) is 85.6 Å². The molecular weight excluding hydrogens is 883 g/mol. The Morgan fingerprint density at radius 2 is 0.917 bits per heavy atom. The first-order chi connectivity index (χ1) is 34.9. The van der Waals surface area contributed by atoms with E-state index in [4.69, 9.17) is 30.0 Å². The van der Waals surface area contributed by atoms with Crippen LogP contribution in [-0.2, 0) is 0 Å². The van der Waals surface area contributed by atoms with Crippen LogP contribution >= 0.6 is 0 Å². The van der Waals surface area contributed by atoms with Crippen molar-refractivity contribution in [1.82, 2.24) is 4.57 Å². The minimum Gasteiger partial charge on any atom is -0.333 e. The maximum Gasteiger partial charge on any atom is 0.146 e. The largest absolute Gasteiger partial charge is 0.333 e. The molecule has 9 heteroatoms. The van der Waals surface area contributed by atoms with Crippen LogP contribution in [0.1, 0.15) is 53.0 Å². The van der Waals surface area contributed by atoms with Crippen molar-refractivity contribution in [2.75, 3.05) is 9.80 Å². The van der Waals surface area contributed by atoms with Crippen molar-refractivity contribution in [2.24, 2.45) is 30.0 Å². The van der Waals surface area contributed by atoms with E-state index in [2.05, 4.69) is 244 Å². The summed E-state index contributed by atoms with van der Waals surface area (Å²) in [5.41, 5.74) is 12.0. The Bertz CT molecular complexity index is 4220. The van der Waals surface area contributed by atoms with Crippen molar-refractivity contribution >= 4 is 50.2 Å². The number of nitrogens with zero attached hydrogens (tertiary/aromatic N) is 9. The molecule has 0 amide bonds. The highest BCUT2D eigenvalue weighted by molar-refractivity contribution is 6.09. The van der Waals surface area contributed by atoms with E-state index in [9.17, 15) is 0 Å². The van der Waals surface area contributed by atoms with Crippen LogP contribution in [0.25, 0.3) is 49.7 Å². The summed E-state index contributed by atoms with van der Waals surface area (Å²) in [5.74, 6) is 0.320. The van der Waals surface area contributed by atoms with Gasteiger partial charge in [-0.2, -0.15) is 0 Å². The molecule has 0 radical (unpaired) electrons. The van der Waals surface area contributed by atoms with E-state index < -0.39 is 17.0 Å². The SMILES string of the molecule is CC1(C)N=c2cccc(N(c3ccc(-c4ccc(N5c6ccccc6C6C=CC=CC65)cc4)c4c3=NC(C)(C)N=4)c3ccc(-c4ccc(-n5c6ccccc6c6ccccc65)cc4)c4c3=NC(C)(C)N=4)c2=N1. The van der Waals surface area contributed by atoms with Gasteiger partial charge in [0.15, 0.2) is 0 Å². The molecule has 0 spiro atoms. The Morgan fingerprint density at radius 3 is 1.54 bits per heavy atom. The fourth-order valence-corrected chi connectivity index (χ4v) is 11.8. The van der Waals surface area contributed by atoms with Crippen molar-refractivity contribution < 1.29 is 0 Å². The highest BCUT2D eigenvalue weighted by Crippen LogP contribution is 2.48. The average molecular weight is 934 g/mol. The maximum absolute atomic E-state index is 5.43. The molecule has 4 aliphatic heterocycles. The summed E-state index contributed by atoms with van der Waals surface area (Å²) in [4.78, 5) is 36.7. The van der Waals surface area contributed by atoms with Gasteiger partial charge in [0.25, 0.3) is 0 Å². The molecule has 348 valence electrons. The zero-order chi connectivity index (χ0) is 48.7. The first-order valence-corrected chi connectivity index (χ1v) is 25.0. The molecular formula is C63H51N9. The average Bonchev–Trinajstić information content (AvgIpc) is 4.17. The summed E-state index contributed by atoms with van der Waals surface area (Å²) in [6.45, 7) is 12.4. The smallest absolute Gasteiger partial charge is 0.146 e. The number of para-hydroxylation sites is 4. The Morgan fingerprint density at radius 1 is 0.417 bits per heavy atom. The van der Waals surface area contributed by atoms with E-state index in [0.29, 0.717) is 5.92 Å². The van der Waals surface area contributed by atoms with Crippen LogP contribution in [0.5, 0.6) is 0 Å².